The number of carbonyl (C=O) groups is 4. The number of halogens is 1. The van der Waals surface area contributed by atoms with E-state index >= 15 is 0 Å². The van der Waals surface area contributed by atoms with Crippen LogP contribution >= 0.6 is 11.6 Å². The Balaban J connectivity index is 0.685. The van der Waals surface area contributed by atoms with Crippen LogP contribution in [0.3, 0.4) is 0 Å². The van der Waals surface area contributed by atoms with E-state index < -0.39 is 6.04 Å². The number of ether oxygens (including phenoxy) is 2. The van der Waals surface area contributed by atoms with Gasteiger partial charge in [0.2, 0.25) is 17.8 Å². The van der Waals surface area contributed by atoms with Crippen LogP contribution < -0.4 is 36.0 Å². The van der Waals surface area contributed by atoms with Gasteiger partial charge in [0.25, 0.3) is 17.4 Å². The van der Waals surface area contributed by atoms with E-state index in [1.54, 1.807) is 21.7 Å². The predicted molar refractivity (Wildman–Crippen MR) is 245 cm³/mol. The van der Waals surface area contributed by atoms with Crippen molar-refractivity contribution in [3.63, 3.8) is 0 Å². The number of nitrogens with one attached hydrogen (secondary N) is 3. The molecule has 18 heteroatoms. The molecule has 7 heterocycles. The summed E-state index contributed by atoms with van der Waals surface area (Å²) in [6, 6.07) is 13.2. The Hall–Kier alpha value is -5.78. The Morgan fingerprint density at radius 3 is 2.52 bits per heavy atom. The third-order valence-electron chi connectivity index (χ3n) is 14.2. The van der Waals surface area contributed by atoms with Crippen molar-refractivity contribution in [3.8, 4) is 5.75 Å². The largest absolute Gasteiger partial charge is 0.478 e. The van der Waals surface area contributed by atoms with Crippen molar-refractivity contribution >= 4 is 69.3 Å². The number of rotatable bonds is 12. The molecular weight excluding hydrogens is 852 g/mol. The highest BCUT2D eigenvalue weighted by atomic mass is 35.5. The zero-order chi connectivity index (χ0) is 45.1. The van der Waals surface area contributed by atoms with Crippen LogP contribution in [0.1, 0.15) is 80.8 Å². The molecule has 0 bridgehead atoms. The van der Waals surface area contributed by atoms with Gasteiger partial charge in [-0.1, -0.05) is 11.6 Å². The molecule has 1 saturated carbocycles. The highest BCUT2D eigenvalue weighted by Crippen LogP contribution is 2.45. The summed E-state index contributed by atoms with van der Waals surface area (Å²) in [5, 5.41) is 9.37. The minimum Gasteiger partial charge on any atom is -0.478 e. The summed E-state index contributed by atoms with van der Waals surface area (Å²) in [4.78, 5) is 80.7. The molecule has 10 rings (SSSR count). The molecule has 5 aliphatic heterocycles. The van der Waals surface area contributed by atoms with Crippen LogP contribution in [0.4, 0.5) is 23.1 Å². The van der Waals surface area contributed by atoms with E-state index in [9.17, 15) is 24.0 Å². The number of imide groups is 1. The molecule has 4 saturated heterocycles. The first-order valence-electron chi connectivity index (χ1n) is 22.8. The van der Waals surface area contributed by atoms with Crippen molar-refractivity contribution in [3.05, 3.63) is 75.2 Å². The van der Waals surface area contributed by atoms with Gasteiger partial charge in [0, 0.05) is 92.6 Å². The Labute approximate surface area is 381 Å². The van der Waals surface area contributed by atoms with Crippen LogP contribution in [0, 0.1) is 5.41 Å². The zero-order valence-electron chi connectivity index (χ0n) is 37.0. The molecule has 65 heavy (non-hydrogen) atoms. The minimum absolute atomic E-state index is 0.0969. The van der Waals surface area contributed by atoms with E-state index in [0.29, 0.717) is 41.4 Å². The van der Waals surface area contributed by atoms with Gasteiger partial charge >= 0.3 is 0 Å². The second-order valence-electron chi connectivity index (χ2n) is 18.9. The molecular formula is C47H55ClN10O7. The highest BCUT2D eigenvalue weighted by molar-refractivity contribution is 6.33. The van der Waals surface area contributed by atoms with Gasteiger partial charge in [-0.2, -0.15) is 4.98 Å². The van der Waals surface area contributed by atoms with Crippen molar-refractivity contribution in [1.82, 2.24) is 35.0 Å². The topological polar surface area (TPSA) is 184 Å². The molecule has 1 aliphatic carbocycles. The van der Waals surface area contributed by atoms with Crippen LogP contribution in [0.2, 0.25) is 5.02 Å². The fourth-order valence-corrected chi connectivity index (χ4v) is 10.8. The molecule has 17 nitrogen and oxygen atoms in total. The lowest BCUT2D eigenvalue weighted by atomic mass is 9.78. The molecule has 1 unspecified atom stereocenters. The van der Waals surface area contributed by atoms with Gasteiger partial charge in [-0.25, -0.2) is 4.98 Å². The molecule has 1 atom stereocenters. The number of likely N-dealkylation sites (tertiary alicyclic amines) is 1. The Bertz CT molecular complexity index is 2620. The van der Waals surface area contributed by atoms with Gasteiger partial charge in [0.1, 0.15) is 11.1 Å². The molecule has 3 N–H and O–H groups in total. The fraction of sp³-hybridized carbons (Fsp3) is 0.511. The number of carbonyl (C=O) groups excluding carboxylic acids is 4. The summed E-state index contributed by atoms with van der Waals surface area (Å²) in [6.45, 7) is 9.73. The summed E-state index contributed by atoms with van der Waals surface area (Å²) in [5.74, 6) is 0.0379. The maximum Gasteiger partial charge on any atom is 0.293 e. The van der Waals surface area contributed by atoms with E-state index in [2.05, 4.69) is 41.7 Å². The van der Waals surface area contributed by atoms with Crippen molar-refractivity contribution in [1.29, 1.82) is 0 Å². The summed E-state index contributed by atoms with van der Waals surface area (Å²) < 4.78 is 13.9. The number of fused-ring (bicyclic) bond motifs is 2. The number of amides is 4. The number of anilines is 4. The van der Waals surface area contributed by atoms with Crippen LogP contribution in [0.15, 0.2) is 53.5 Å². The Morgan fingerprint density at radius 2 is 1.77 bits per heavy atom. The van der Waals surface area contributed by atoms with Gasteiger partial charge in [0.05, 0.1) is 23.9 Å². The van der Waals surface area contributed by atoms with E-state index in [1.807, 2.05) is 44.2 Å². The maximum atomic E-state index is 13.3. The monoisotopic (exact) mass is 906 g/mol. The lowest BCUT2D eigenvalue weighted by Crippen LogP contribution is -2.59. The van der Waals surface area contributed by atoms with Crippen LogP contribution in [-0.2, 0) is 25.7 Å². The average molecular weight is 907 g/mol. The maximum absolute atomic E-state index is 13.3. The molecule has 6 aliphatic rings. The third-order valence-corrected chi connectivity index (χ3v) is 14.5. The number of nitrogens with zero attached hydrogens (tertiary/aromatic N) is 7. The predicted octanol–water partition coefficient (Wildman–Crippen LogP) is 4.38. The van der Waals surface area contributed by atoms with Crippen molar-refractivity contribution in [2.24, 2.45) is 5.41 Å². The average Bonchev–Trinajstić information content (AvgIpc) is 3.85. The lowest BCUT2D eigenvalue weighted by molar-refractivity contribution is -0.137. The molecule has 0 radical (unpaired) electrons. The number of hydrogen-bond donors (Lipinski definition) is 3. The molecule has 4 amide bonds. The molecule has 2 aromatic carbocycles. The second-order valence-corrected chi connectivity index (χ2v) is 19.3. The first-order valence-corrected chi connectivity index (χ1v) is 23.2. The normalized spacial score (nSPS) is 23.2. The number of hydrogen-bond acceptors (Lipinski definition) is 13. The first kappa shape index (κ1) is 43.1. The Kier molecular flexibility index (Phi) is 11.4. The van der Waals surface area contributed by atoms with Crippen molar-refractivity contribution in [2.75, 3.05) is 68.0 Å². The smallest absolute Gasteiger partial charge is 0.293 e. The number of benzene rings is 2. The SMILES string of the molecule is CNC(=O)COc1cc2cc(Nc3nc(N4CCC(O[C@H]5C[C@H](N6CCC7(CN(c8ccc9c(c8)CN(C8CCC(=O)NC8=O)C9=O)C7)C6)C5)CC4)ncc3Cl)ccc2n(C(C)C)c1=O. The van der Waals surface area contributed by atoms with E-state index in [4.69, 9.17) is 26.1 Å². The minimum atomic E-state index is -0.603. The summed E-state index contributed by atoms with van der Waals surface area (Å²) in [7, 11) is 1.52. The number of piperidine rings is 2. The molecule has 5 fully saturated rings. The molecule has 342 valence electrons. The van der Waals surface area contributed by atoms with Gasteiger partial charge in [0.15, 0.2) is 18.2 Å². The summed E-state index contributed by atoms with van der Waals surface area (Å²) >= 11 is 6.61. The zero-order valence-corrected chi connectivity index (χ0v) is 37.7. The first-order chi connectivity index (χ1) is 31.3. The summed E-state index contributed by atoms with van der Waals surface area (Å²) in [5.41, 5.74) is 4.16. The van der Waals surface area contributed by atoms with Crippen LogP contribution in [-0.4, -0.2) is 125 Å². The summed E-state index contributed by atoms with van der Waals surface area (Å²) in [6.07, 6.45) is 7.78. The quantitative estimate of drug-likeness (QED) is 0.171. The fourth-order valence-electron chi connectivity index (χ4n) is 10.6. The molecule has 4 aromatic rings. The molecule has 1 spiro atoms. The standard InChI is InChI=1S/C47H55ClN10O7/c1-27(2)58-37-7-4-30(16-28(37)18-39(45(58)63)64-23-41(60)49-3)51-42-36(48)21-50-46(53-42)54-13-10-33(11-14-54)65-34-19-32(20-34)55-15-12-47(24-55)25-56(26-47)31-5-6-35-29(17-31)22-57(44(35)62)38-8-9-40(59)52-43(38)61/h4-7,16-18,21,27,32-34,38H,8-15,19-20,22-26H2,1-3H3,(H,49,60)(H,50,51,53)(H,52,59,61)/t32-,34-,38?. The lowest BCUT2D eigenvalue weighted by Gasteiger charge is -2.51. The van der Waals surface area contributed by atoms with Crippen molar-refractivity contribution in [2.45, 2.75) is 95.7 Å². The number of aromatic nitrogens is 3. The van der Waals surface area contributed by atoms with Gasteiger partial charge < -0.3 is 39.4 Å². The molecule has 2 aromatic heterocycles. The van der Waals surface area contributed by atoms with Crippen molar-refractivity contribution < 1.29 is 28.7 Å². The van der Waals surface area contributed by atoms with Crippen LogP contribution in [0.25, 0.3) is 10.9 Å². The Morgan fingerprint density at radius 1 is 0.969 bits per heavy atom. The van der Waals surface area contributed by atoms with Crippen LogP contribution in [0.5, 0.6) is 5.75 Å². The second kappa shape index (κ2) is 17.2. The highest BCUT2D eigenvalue weighted by Gasteiger charge is 2.51. The van der Waals surface area contributed by atoms with Gasteiger partial charge in [-0.05, 0) is 107 Å². The van der Waals surface area contributed by atoms with E-state index in [0.717, 1.165) is 92.8 Å². The van der Waals surface area contributed by atoms with Gasteiger partial charge in [-0.3, -0.25) is 34.2 Å². The third kappa shape index (κ3) is 8.38. The number of likely N-dealkylation sites (N-methyl/N-ethyl adjacent to an activating group) is 1. The number of pyridine rings is 1. The van der Waals surface area contributed by atoms with Gasteiger partial charge in [-0.15, -0.1) is 0 Å². The van der Waals surface area contributed by atoms with E-state index in [-0.39, 0.29) is 71.6 Å². The van der Waals surface area contributed by atoms with E-state index in [1.165, 1.54) is 13.5 Å².